The van der Waals surface area contributed by atoms with E-state index in [1.807, 2.05) is 0 Å². The minimum Gasteiger partial charge on any atom is -0.453 e. The van der Waals surface area contributed by atoms with E-state index in [1.165, 1.54) is 24.4 Å². The molecule has 4 nitrogen and oxygen atoms in total. The molecule has 0 saturated heterocycles. The molecule has 0 aliphatic rings. The molecule has 0 aliphatic carbocycles. The summed E-state index contributed by atoms with van der Waals surface area (Å²) in [6, 6.07) is 7.52. The maximum absolute atomic E-state index is 13.4. The lowest BCUT2D eigenvalue weighted by molar-refractivity contribution is 0.440. The van der Waals surface area contributed by atoms with Gasteiger partial charge in [0.1, 0.15) is 17.3 Å². The van der Waals surface area contributed by atoms with E-state index in [4.69, 9.17) is 15.9 Å². The summed E-state index contributed by atoms with van der Waals surface area (Å²) in [5.41, 5.74) is 5.62. The van der Waals surface area contributed by atoms with Crippen LogP contribution < -0.4 is 10.5 Å². The molecular weight excluding hydrogens is 301 g/mol. The quantitative estimate of drug-likeness (QED) is 0.676. The summed E-state index contributed by atoms with van der Waals surface area (Å²) in [5.74, 6) is -0.122. The van der Waals surface area contributed by atoms with Crippen molar-refractivity contribution in [2.45, 2.75) is 0 Å². The molecule has 3 N–H and O–H groups in total. The van der Waals surface area contributed by atoms with Gasteiger partial charge in [0, 0.05) is 4.47 Å². The Hall–Kier alpha value is -1.95. The average Bonchev–Trinajstić information content (AvgIpc) is 2.34. The molecule has 1 aromatic heterocycles. The van der Waals surface area contributed by atoms with Gasteiger partial charge in [0.05, 0.1) is 6.20 Å². The zero-order valence-electron chi connectivity index (χ0n) is 9.15. The molecule has 0 saturated carbocycles. The molecule has 0 spiro atoms. The van der Waals surface area contributed by atoms with Gasteiger partial charge in [0.15, 0.2) is 11.6 Å². The maximum atomic E-state index is 13.4. The van der Waals surface area contributed by atoms with E-state index < -0.39 is 5.82 Å². The number of ether oxygens (including phenoxy) is 1. The second-order valence-corrected chi connectivity index (χ2v) is 4.39. The van der Waals surface area contributed by atoms with Gasteiger partial charge < -0.3 is 10.5 Å². The summed E-state index contributed by atoms with van der Waals surface area (Å²) in [4.78, 5) is 3.92. The first-order valence-electron chi connectivity index (χ1n) is 4.99. The minimum absolute atomic E-state index is 0.0988. The Labute approximate surface area is 111 Å². The van der Waals surface area contributed by atoms with Gasteiger partial charge in [-0.1, -0.05) is 15.9 Å². The van der Waals surface area contributed by atoms with E-state index in [1.54, 1.807) is 12.1 Å². The molecule has 2 rings (SSSR count). The third-order valence-electron chi connectivity index (χ3n) is 2.13. The molecule has 6 heteroatoms. The van der Waals surface area contributed by atoms with E-state index >= 15 is 0 Å². The summed E-state index contributed by atoms with van der Waals surface area (Å²) in [6.45, 7) is 0. The third kappa shape index (κ3) is 2.84. The number of nitrogens with zero attached hydrogens (tertiary/aromatic N) is 1. The molecule has 0 amide bonds. The number of nitrogens with one attached hydrogen (secondary N) is 1. The van der Waals surface area contributed by atoms with Gasteiger partial charge in [-0.15, -0.1) is 0 Å². The van der Waals surface area contributed by atoms with Gasteiger partial charge in [0.2, 0.25) is 0 Å². The van der Waals surface area contributed by atoms with Crippen molar-refractivity contribution in [1.82, 2.24) is 4.98 Å². The van der Waals surface area contributed by atoms with Crippen molar-refractivity contribution < 1.29 is 9.13 Å². The number of nitrogen functional groups attached to an aromatic ring is 1. The van der Waals surface area contributed by atoms with Crippen molar-refractivity contribution in [3.63, 3.8) is 0 Å². The van der Waals surface area contributed by atoms with Crippen molar-refractivity contribution in [2.24, 2.45) is 5.73 Å². The van der Waals surface area contributed by atoms with E-state index in [0.717, 1.165) is 0 Å². The Morgan fingerprint density at radius 2 is 2.11 bits per heavy atom. The second kappa shape index (κ2) is 5.14. The number of aromatic nitrogens is 1. The molecule has 0 aliphatic heterocycles. The number of rotatable bonds is 3. The maximum Gasteiger partial charge on any atom is 0.165 e. The largest absolute Gasteiger partial charge is 0.453 e. The third-order valence-corrected chi connectivity index (χ3v) is 2.63. The summed E-state index contributed by atoms with van der Waals surface area (Å²) < 4.78 is 19.5. The van der Waals surface area contributed by atoms with Crippen molar-refractivity contribution in [2.75, 3.05) is 0 Å². The molecule has 92 valence electrons. The second-order valence-electron chi connectivity index (χ2n) is 3.47. The number of benzene rings is 1. The van der Waals surface area contributed by atoms with Gasteiger partial charge in [-0.05, 0) is 30.3 Å². The lowest BCUT2D eigenvalue weighted by atomic mass is 10.3. The number of amidine groups is 1. The topological polar surface area (TPSA) is 72.0 Å². The van der Waals surface area contributed by atoms with Crippen LogP contribution in [0.4, 0.5) is 4.39 Å². The molecule has 18 heavy (non-hydrogen) atoms. The average molecular weight is 310 g/mol. The molecule has 0 bridgehead atoms. The van der Waals surface area contributed by atoms with Crippen molar-refractivity contribution in [1.29, 1.82) is 5.41 Å². The number of nitrogens with two attached hydrogens (primary N) is 1. The smallest absolute Gasteiger partial charge is 0.165 e. The zero-order valence-corrected chi connectivity index (χ0v) is 10.7. The highest BCUT2D eigenvalue weighted by atomic mass is 79.9. The van der Waals surface area contributed by atoms with E-state index in [-0.39, 0.29) is 11.6 Å². The molecule has 0 unspecified atom stereocenters. The molecule has 1 heterocycles. The van der Waals surface area contributed by atoms with Gasteiger partial charge in [-0.2, -0.15) is 0 Å². The van der Waals surface area contributed by atoms with Crippen LogP contribution in [-0.2, 0) is 0 Å². The molecular formula is C12H9BrFN3O. The van der Waals surface area contributed by atoms with Crippen LogP contribution in [0.1, 0.15) is 5.69 Å². The van der Waals surface area contributed by atoms with Crippen LogP contribution in [0.3, 0.4) is 0 Å². The van der Waals surface area contributed by atoms with E-state index in [0.29, 0.717) is 15.9 Å². The van der Waals surface area contributed by atoms with Crippen LogP contribution in [0.25, 0.3) is 0 Å². The molecule has 2 aromatic rings. The number of hydrogen-bond acceptors (Lipinski definition) is 3. The van der Waals surface area contributed by atoms with Gasteiger partial charge >= 0.3 is 0 Å². The highest BCUT2D eigenvalue weighted by Gasteiger charge is 2.06. The first kappa shape index (κ1) is 12.5. The fourth-order valence-corrected chi connectivity index (χ4v) is 1.62. The highest BCUT2D eigenvalue weighted by Crippen LogP contribution is 2.27. The van der Waals surface area contributed by atoms with Crippen LogP contribution in [0.5, 0.6) is 11.5 Å². The Bertz CT molecular complexity index is 586. The molecule has 0 radical (unpaired) electrons. The predicted molar refractivity (Wildman–Crippen MR) is 69.4 cm³/mol. The zero-order chi connectivity index (χ0) is 13.1. The number of pyridine rings is 1. The van der Waals surface area contributed by atoms with E-state index in [2.05, 4.69) is 20.9 Å². The van der Waals surface area contributed by atoms with Crippen molar-refractivity contribution in [3.8, 4) is 11.5 Å². The Morgan fingerprint density at radius 3 is 2.72 bits per heavy atom. The first-order chi connectivity index (χ1) is 8.56. The van der Waals surface area contributed by atoms with E-state index in [9.17, 15) is 4.39 Å². The van der Waals surface area contributed by atoms with Gasteiger partial charge in [0.25, 0.3) is 0 Å². The predicted octanol–water partition coefficient (Wildman–Crippen LogP) is 3.06. The van der Waals surface area contributed by atoms with Gasteiger partial charge in [-0.3, -0.25) is 5.41 Å². The summed E-state index contributed by atoms with van der Waals surface area (Å²) >= 11 is 3.23. The first-order valence-corrected chi connectivity index (χ1v) is 5.79. The fourth-order valence-electron chi connectivity index (χ4n) is 1.28. The van der Waals surface area contributed by atoms with Crippen LogP contribution >= 0.6 is 15.9 Å². The van der Waals surface area contributed by atoms with Crippen LogP contribution in [0, 0.1) is 11.2 Å². The number of hydrogen-bond donors (Lipinski definition) is 2. The molecule has 0 fully saturated rings. The van der Waals surface area contributed by atoms with Crippen molar-refractivity contribution in [3.05, 3.63) is 52.5 Å². The summed E-state index contributed by atoms with van der Waals surface area (Å²) in [6.07, 6.45) is 1.39. The monoisotopic (exact) mass is 309 g/mol. The minimum atomic E-state index is -0.464. The summed E-state index contributed by atoms with van der Waals surface area (Å²) in [5, 5.41) is 7.20. The lowest BCUT2D eigenvalue weighted by Crippen LogP contribution is -2.12. The van der Waals surface area contributed by atoms with Gasteiger partial charge in [-0.25, -0.2) is 9.37 Å². The number of halogens is 2. The van der Waals surface area contributed by atoms with Crippen LogP contribution in [0.15, 0.2) is 41.0 Å². The van der Waals surface area contributed by atoms with Crippen LogP contribution in [0.2, 0.25) is 0 Å². The SMILES string of the molecule is N=C(N)c1ccc(Oc2cc(Br)ccc2F)cn1. The lowest BCUT2D eigenvalue weighted by Gasteiger charge is -2.07. The molecule has 0 atom stereocenters. The van der Waals surface area contributed by atoms with Crippen LogP contribution in [-0.4, -0.2) is 10.8 Å². The fraction of sp³-hybridized carbons (Fsp3) is 0. The Balaban J connectivity index is 2.23. The Kier molecular flexibility index (Phi) is 3.57. The molecule has 1 aromatic carbocycles. The highest BCUT2D eigenvalue weighted by molar-refractivity contribution is 9.10. The Morgan fingerprint density at radius 1 is 1.33 bits per heavy atom. The summed E-state index contributed by atoms with van der Waals surface area (Å²) in [7, 11) is 0. The normalized spacial score (nSPS) is 10.1. The van der Waals surface area contributed by atoms with Crippen molar-refractivity contribution >= 4 is 21.8 Å². The standard InChI is InChI=1S/C12H9BrFN3O/c13-7-1-3-9(14)11(5-7)18-8-2-4-10(12(15)16)17-6-8/h1-6H,(H3,15,16).